The molecule has 0 saturated heterocycles. The molecule has 0 unspecified atom stereocenters. The maximum absolute atomic E-state index is 13.5. The summed E-state index contributed by atoms with van der Waals surface area (Å²) in [6, 6.07) is 13.0. The Labute approximate surface area is 163 Å². The molecule has 2 rings (SSSR count). The molecule has 2 amide bonds. The Kier molecular flexibility index (Phi) is 7.68. The van der Waals surface area contributed by atoms with E-state index in [1.165, 1.54) is 18.2 Å². The number of benzene rings is 2. The molecule has 2 aromatic carbocycles. The number of ether oxygens (including phenoxy) is 1. The molecular weight excluding hydrogens is 363 g/mol. The Bertz CT molecular complexity index is 837. The van der Waals surface area contributed by atoms with Gasteiger partial charge in [-0.05, 0) is 31.0 Å². The Morgan fingerprint density at radius 2 is 1.75 bits per heavy atom. The van der Waals surface area contributed by atoms with Crippen LogP contribution in [0, 0.1) is 12.7 Å². The van der Waals surface area contributed by atoms with E-state index in [-0.39, 0.29) is 11.6 Å². The first-order chi connectivity index (χ1) is 13.4. The third-order valence-electron chi connectivity index (χ3n) is 4.10. The second kappa shape index (κ2) is 10.2. The zero-order chi connectivity index (χ0) is 20.5. The van der Waals surface area contributed by atoms with Crippen molar-refractivity contribution in [3.8, 4) is 0 Å². The number of nitrogens with one attached hydrogen (secondary N) is 2. The highest BCUT2D eigenvalue weighted by Crippen LogP contribution is 2.16. The van der Waals surface area contributed by atoms with Crippen LogP contribution in [0.2, 0.25) is 0 Å². The van der Waals surface area contributed by atoms with Crippen molar-refractivity contribution in [3.05, 3.63) is 71.0 Å². The molecular formula is C21H23FN2O4. The molecule has 0 spiro atoms. The molecule has 0 aliphatic heterocycles. The Morgan fingerprint density at radius 3 is 2.39 bits per heavy atom. The number of hydrogen-bond acceptors (Lipinski definition) is 4. The van der Waals surface area contributed by atoms with Crippen molar-refractivity contribution in [1.82, 2.24) is 10.6 Å². The minimum Gasteiger partial charge on any atom is -0.454 e. The summed E-state index contributed by atoms with van der Waals surface area (Å²) in [6.45, 7) is 3.00. The molecule has 7 heteroatoms. The van der Waals surface area contributed by atoms with Gasteiger partial charge in [-0.2, -0.15) is 0 Å². The lowest BCUT2D eigenvalue weighted by Gasteiger charge is -2.17. The Morgan fingerprint density at radius 1 is 1.07 bits per heavy atom. The quantitative estimate of drug-likeness (QED) is 0.683. The molecule has 2 aromatic rings. The standard InChI is InChI=1S/C21H23FN2O4/c1-3-18(15-10-8-14(2)9-11-15)24-19(25)13-28-20(26)12-23-21(27)16-6-4-5-7-17(16)22/h4-11,18H,3,12-13H2,1-2H3,(H,23,27)(H,24,25)/t18-/m0/s1. The van der Waals surface area contributed by atoms with Gasteiger partial charge in [-0.1, -0.05) is 48.9 Å². The van der Waals surface area contributed by atoms with Gasteiger partial charge in [0.05, 0.1) is 11.6 Å². The van der Waals surface area contributed by atoms with E-state index in [1.807, 2.05) is 38.1 Å². The van der Waals surface area contributed by atoms with E-state index in [4.69, 9.17) is 4.74 Å². The average molecular weight is 386 g/mol. The fraction of sp³-hybridized carbons (Fsp3) is 0.286. The minimum absolute atomic E-state index is 0.170. The summed E-state index contributed by atoms with van der Waals surface area (Å²) < 4.78 is 18.4. The van der Waals surface area contributed by atoms with E-state index in [0.717, 1.165) is 17.2 Å². The van der Waals surface area contributed by atoms with E-state index in [2.05, 4.69) is 10.6 Å². The molecule has 0 saturated carbocycles. The highest BCUT2D eigenvalue weighted by atomic mass is 19.1. The molecule has 0 aliphatic rings. The van der Waals surface area contributed by atoms with Crippen LogP contribution in [-0.4, -0.2) is 30.9 Å². The number of carbonyl (C=O) groups excluding carboxylic acids is 3. The van der Waals surface area contributed by atoms with E-state index in [0.29, 0.717) is 6.42 Å². The lowest BCUT2D eigenvalue weighted by Crippen LogP contribution is -2.35. The van der Waals surface area contributed by atoms with Gasteiger partial charge in [-0.3, -0.25) is 14.4 Å². The fourth-order valence-corrected chi connectivity index (χ4v) is 2.55. The van der Waals surface area contributed by atoms with Gasteiger partial charge >= 0.3 is 5.97 Å². The second-order valence-electron chi connectivity index (χ2n) is 6.26. The van der Waals surface area contributed by atoms with E-state index < -0.39 is 36.8 Å². The van der Waals surface area contributed by atoms with Crippen LogP contribution in [0.5, 0.6) is 0 Å². The molecule has 28 heavy (non-hydrogen) atoms. The van der Waals surface area contributed by atoms with Gasteiger partial charge in [0.25, 0.3) is 11.8 Å². The maximum atomic E-state index is 13.5. The Hall–Kier alpha value is -3.22. The van der Waals surface area contributed by atoms with Crippen molar-refractivity contribution in [2.45, 2.75) is 26.3 Å². The fourth-order valence-electron chi connectivity index (χ4n) is 2.55. The Balaban J connectivity index is 1.77. The van der Waals surface area contributed by atoms with Crippen LogP contribution in [0.3, 0.4) is 0 Å². The summed E-state index contributed by atoms with van der Waals surface area (Å²) >= 11 is 0. The van der Waals surface area contributed by atoms with E-state index in [1.54, 1.807) is 0 Å². The van der Waals surface area contributed by atoms with Crippen molar-refractivity contribution in [3.63, 3.8) is 0 Å². The highest BCUT2D eigenvalue weighted by Gasteiger charge is 2.16. The van der Waals surface area contributed by atoms with Crippen LogP contribution < -0.4 is 10.6 Å². The first-order valence-electron chi connectivity index (χ1n) is 8.95. The smallest absolute Gasteiger partial charge is 0.325 e. The molecule has 0 fully saturated rings. The summed E-state index contributed by atoms with van der Waals surface area (Å²) in [5.41, 5.74) is 1.91. The lowest BCUT2D eigenvalue weighted by atomic mass is 10.0. The summed E-state index contributed by atoms with van der Waals surface area (Å²) in [5, 5.41) is 5.06. The first kappa shape index (κ1) is 21.1. The normalized spacial score (nSPS) is 11.4. The van der Waals surface area contributed by atoms with Gasteiger partial charge < -0.3 is 15.4 Å². The summed E-state index contributed by atoms with van der Waals surface area (Å²) in [4.78, 5) is 35.6. The molecule has 148 valence electrons. The van der Waals surface area contributed by atoms with Gasteiger partial charge in [0.2, 0.25) is 0 Å². The molecule has 2 N–H and O–H groups in total. The van der Waals surface area contributed by atoms with E-state index >= 15 is 0 Å². The SMILES string of the molecule is CC[C@H](NC(=O)COC(=O)CNC(=O)c1ccccc1F)c1ccc(C)cc1. The number of hydrogen-bond donors (Lipinski definition) is 2. The van der Waals surface area contributed by atoms with Gasteiger partial charge in [0.15, 0.2) is 6.61 Å². The van der Waals surface area contributed by atoms with Crippen LogP contribution in [0.25, 0.3) is 0 Å². The molecule has 1 atom stereocenters. The monoisotopic (exact) mass is 386 g/mol. The summed E-state index contributed by atoms with van der Waals surface area (Å²) in [6.07, 6.45) is 0.682. The van der Waals surface area contributed by atoms with Crippen LogP contribution in [-0.2, 0) is 14.3 Å². The molecule has 0 bridgehead atoms. The predicted molar refractivity (Wildman–Crippen MR) is 102 cm³/mol. The van der Waals surface area contributed by atoms with Gasteiger partial charge in [-0.25, -0.2) is 4.39 Å². The third-order valence-corrected chi connectivity index (χ3v) is 4.10. The van der Waals surface area contributed by atoms with Crippen molar-refractivity contribution in [2.24, 2.45) is 0 Å². The van der Waals surface area contributed by atoms with Crippen molar-refractivity contribution in [1.29, 1.82) is 0 Å². The average Bonchev–Trinajstić information content (AvgIpc) is 2.69. The van der Waals surface area contributed by atoms with Crippen LogP contribution in [0.15, 0.2) is 48.5 Å². The summed E-state index contributed by atoms with van der Waals surface area (Å²) in [5.74, 6) is -2.65. The van der Waals surface area contributed by atoms with Crippen molar-refractivity contribution in [2.75, 3.05) is 13.2 Å². The molecule has 6 nitrogen and oxygen atoms in total. The molecule has 0 heterocycles. The zero-order valence-electron chi connectivity index (χ0n) is 15.8. The summed E-state index contributed by atoms with van der Waals surface area (Å²) in [7, 11) is 0. The lowest BCUT2D eigenvalue weighted by molar-refractivity contribution is -0.147. The van der Waals surface area contributed by atoms with Gasteiger partial charge in [-0.15, -0.1) is 0 Å². The zero-order valence-corrected chi connectivity index (χ0v) is 15.8. The van der Waals surface area contributed by atoms with Crippen LogP contribution >= 0.6 is 0 Å². The number of halogens is 1. The highest BCUT2D eigenvalue weighted by molar-refractivity contribution is 5.96. The third kappa shape index (κ3) is 6.19. The van der Waals surface area contributed by atoms with Gasteiger partial charge in [0, 0.05) is 0 Å². The molecule has 0 radical (unpaired) electrons. The number of esters is 1. The molecule has 0 aliphatic carbocycles. The number of carbonyl (C=O) groups is 3. The van der Waals surface area contributed by atoms with Crippen LogP contribution in [0.1, 0.15) is 40.9 Å². The van der Waals surface area contributed by atoms with E-state index in [9.17, 15) is 18.8 Å². The maximum Gasteiger partial charge on any atom is 0.325 e. The number of rotatable bonds is 8. The van der Waals surface area contributed by atoms with Gasteiger partial charge in [0.1, 0.15) is 12.4 Å². The van der Waals surface area contributed by atoms with Crippen molar-refractivity contribution >= 4 is 17.8 Å². The first-order valence-corrected chi connectivity index (χ1v) is 8.95. The largest absolute Gasteiger partial charge is 0.454 e. The van der Waals surface area contributed by atoms with Crippen molar-refractivity contribution < 1.29 is 23.5 Å². The molecule has 0 aromatic heterocycles. The number of amides is 2. The minimum atomic E-state index is -0.789. The second-order valence-corrected chi connectivity index (χ2v) is 6.26. The topological polar surface area (TPSA) is 84.5 Å². The predicted octanol–water partition coefficient (Wildman–Crippen LogP) is 2.67. The van der Waals surface area contributed by atoms with Crippen LogP contribution in [0.4, 0.5) is 4.39 Å². The number of aryl methyl sites for hydroxylation is 1.